The molecule has 0 aliphatic heterocycles. The summed E-state index contributed by atoms with van der Waals surface area (Å²) in [6, 6.07) is 0. The molecule has 0 fully saturated rings. The molecular weight excluding hydrogens is 202 g/mol. The molecule has 0 saturated heterocycles. The van der Waals surface area contributed by atoms with E-state index in [-0.39, 0.29) is 37.4 Å². The van der Waals surface area contributed by atoms with Gasteiger partial charge in [-0.3, -0.25) is 9.79 Å². The number of rotatable bonds is 1. The molecule has 6 nitrogen and oxygen atoms in total. The SMILES string of the molecule is O=C(O)OP(=O)(O)O.[Fe].[H-].[Li+]. The molecule has 0 spiro atoms. The van der Waals surface area contributed by atoms with E-state index >= 15 is 0 Å². The molecule has 10 heavy (non-hydrogen) atoms. The molecular formula is CH4FeLiO6P. The van der Waals surface area contributed by atoms with Crippen LogP contribution in [0.25, 0.3) is 0 Å². The van der Waals surface area contributed by atoms with Crippen molar-refractivity contribution in [2.45, 2.75) is 0 Å². The van der Waals surface area contributed by atoms with Gasteiger partial charge in [-0.1, -0.05) is 0 Å². The quantitative estimate of drug-likeness (QED) is 0.309. The van der Waals surface area contributed by atoms with Crippen molar-refractivity contribution < 1.29 is 66.1 Å². The molecule has 0 heterocycles. The summed E-state index contributed by atoms with van der Waals surface area (Å²) >= 11 is 0. The Hall–Kier alpha value is 0.537. The summed E-state index contributed by atoms with van der Waals surface area (Å²) in [6.07, 6.45) is -1.99. The Bertz CT molecular complexity index is 146. The van der Waals surface area contributed by atoms with Gasteiger partial charge in [-0.05, 0) is 0 Å². The average molecular weight is 206 g/mol. The van der Waals surface area contributed by atoms with E-state index in [9.17, 15) is 9.36 Å². The normalized spacial score (nSPS) is 8.60. The Morgan fingerprint density at radius 3 is 1.80 bits per heavy atom. The van der Waals surface area contributed by atoms with Crippen LogP contribution in [0.2, 0.25) is 0 Å². The molecule has 0 atom stereocenters. The van der Waals surface area contributed by atoms with Crippen molar-refractivity contribution in [3.63, 3.8) is 0 Å². The van der Waals surface area contributed by atoms with Gasteiger partial charge in [0.1, 0.15) is 0 Å². The van der Waals surface area contributed by atoms with Crippen molar-refractivity contribution in [1.82, 2.24) is 0 Å². The van der Waals surface area contributed by atoms with Crippen molar-refractivity contribution in [2.75, 3.05) is 0 Å². The van der Waals surface area contributed by atoms with Gasteiger partial charge in [0.25, 0.3) is 0 Å². The number of hydrogen-bond acceptors (Lipinski definition) is 3. The first-order valence-electron chi connectivity index (χ1n) is 1.40. The third-order valence-electron chi connectivity index (χ3n) is 0.197. The summed E-state index contributed by atoms with van der Waals surface area (Å²) in [6.45, 7) is 0. The Kier molecular flexibility index (Phi) is 10.6. The molecule has 0 radical (unpaired) electrons. The van der Waals surface area contributed by atoms with Crippen LogP contribution >= 0.6 is 7.82 Å². The predicted molar refractivity (Wildman–Crippen MR) is 22.3 cm³/mol. The van der Waals surface area contributed by atoms with Gasteiger partial charge in [-0.25, -0.2) is 9.36 Å². The van der Waals surface area contributed by atoms with Gasteiger partial charge < -0.3 is 11.1 Å². The van der Waals surface area contributed by atoms with E-state index < -0.39 is 14.0 Å². The fourth-order valence-electron chi connectivity index (χ4n) is 0.102. The zero-order chi connectivity index (χ0) is 6.78. The minimum Gasteiger partial charge on any atom is -1.00 e. The standard InChI is InChI=1S/CH3O6P.Fe.Li.H/c2-1(3)7-8(4,5)6;;;/h(H,2,3)(H2,4,5,6);;;/q;;+1;-1. The van der Waals surface area contributed by atoms with Gasteiger partial charge >= 0.3 is 32.8 Å². The number of hydrogen-bond donors (Lipinski definition) is 3. The topological polar surface area (TPSA) is 104 Å². The molecule has 0 aromatic carbocycles. The van der Waals surface area contributed by atoms with Crippen LogP contribution in [0.3, 0.4) is 0 Å². The summed E-state index contributed by atoms with van der Waals surface area (Å²) in [7, 11) is -4.82. The van der Waals surface area contributed by atoms with Crippen LogP contribution < -0.4 is 18.9 Å². The summed E-state index contributed by atoms with van der Waals surface area (Å²) < 4.78 is 12.6. The monoisotopic (exact) mass is 206 g/mol. The smallest absolute Gasteiger partial charge is 1.00 e. The Balaban J connectivity index is -0.0000000817. The molecule has 9 heteroatoms. The second-order valence-corrected chi connectivity index (χ2v) is 2.01. The molecule has 0 rings (SSSR count). The molecule has 0 aromatic heterocycles. The summed E-state index contributed by atoms with van der Waals surface area (Å²) in [5, 5.41) is 7.53. The molecule has 0 bridgehead atoms. The second-order valence-electron chi connectivity index (χ2n) is 0.848. The van der Waals surface area contributed by atoms with Crippen molar-refractivity contribution in [2.24, 2.45) is 0 Å². The summed E-state index contributed by atoms with van der Waals surface area (Å²) in [4.78, 5) is 24.7. The van der Waals surface area contributed by atoms with Gasteiger partial charge in [-0.2, -0.15) is 0 Å². The van der Waals surface area contributed by atoms with Crippen molar-refractivity contribution >= 4 is 14.0 Å². The Labute approximate surface area is 80.3 Å². The molecule has 0 aliphatic carbocycles. The van der Waals surface area contributed by atoms with Crippen molar-refractivity contribution in [3.8, 4) is 0 Å². The van der Waals surface area contributed by atoms with E-state index in [0.29, 0.717) is 0 Å². The molecule has 3 N–H and O–H groups in total. The molecule has 0 amide bonds. The van der Waals surface area contributed by atoms with E-state index in [1.807, 2.05) is 0 Å². The van der Waals surface area contributed by atoms with Crippen LogP contribution in [0.1, 0.15) is 1.43 Å². The first-order chi connectivity index (χ1) is 3.42. The van der Waals surface area contributed by atoms with Gasteiger partial charge in [0.15, 0.2) is 0 Å². The fourth-order valence-corrected chi connectivity index (χ4v) is 0.305. The van der Waals surface area contributed by atoms with Crippen molar-refractivity contribution in [1.29, 1.82) is 0 Å². The van der Waals surface area contributed by atoms with Crippen LogP contribution in [-0.2, 0) is 26.2 Å². The predicted octanol–water partition coefficient (Wildman–Crippen LogP) is -3.11. The zero-order valence-electron chi connectivity index (χ0n) is 5.87. The molecule has 0 unspecified atom stereocenters. The maximum absolute atomic E-state index is 9.53. The first kappa shape index (κ1) is 16.9. The van der Waals surface area contributed by atoms with Crippen LogP contribution in [0.5, 0.6) is 0 Å². The van der Waals surface area contributed by atoms with E-state index in [1.165, 1.54) is 0 Å². The fraction of sp³-hybridized carbons (Fsp3) is 0. The van der Waals surface area contributed by atoms with Gasteiger partial charge in [0.2, 0.25) is 0 Å². The van der Waals surface area contributed by atoms with Crippen LogP contribution in [0.4, 0.5) is 4.79 Å². The Morgan fingerprint density at radius 1 is 1.50 bits per heavy atom. The third kappa shape index (κ3) is 15.8. The summed E-state index contributed by atoms with van der Waals surface area (Å²) in [5.74, 6) is 0. The van der Waals surface area contributed by atoms with Crippen molar-refractivity contribution in [3.05, 3.63) is 0 Å². The van der Waals surface area contributed by atoms with Crippen LogP contribution in [-0.4, -0.2) is 21.0 Å². The number of carboxylic acid groups (broad SMARTS) is 1. The third-order valence-corrected chi connectivity index (χ3v) is 0.591. The Morgan fingerprint density at radius 2 is 1.80 bits per heavy atom. The van der Waals surface area contributed by atoms with E-state index in [1.54, 1.807) is 0 Å². The minimum atomic E-state index is -4.82. The van der Waals surface area contributed by atoms with E-state index in [2.05, 4.69) is 4.52 Å². The summed E-state index contributed by atoms with van der Waals surface area (Å²) in [5.41, 5.74) is 0. The number of phosphoric acid groups is 1. The van der Waals surface area contributed by atoms with Crippen LogP contribution in [0.15, 0.2) is 0 Å². The molecule has 0 saturated carbocycles. The largest absolute Gasteiger partial charge is 1.00 e. The van der Waals surface area contributed by atoms with Crippen LogP contribution in [0, 0.1) is 0 Å². The maximum Gasteiger partial charge on any atom is 1.00 e. The van der Waals surface area contributed by atoms with Gasteiger partial charge in [0, 0.05) is 17.1 Å². The van der Waals surface area contributed by atoms with Gasteiger partial charge in [0.05, 0.1) is 0 Å². The molecule has 58 valence electrons. The average Bonchev–Trinajstić information content (AvgIpc) is 1.21. The van der Waals surface area contributed by atoms with E-state index in [0.717, 1.165) is 0 Å². The van der Waals surface area contributed by atoms with Gasteiger partial charge in [-0.15, -0.1) is 0 Å². The minimum absolute atomic E-state index is 0. The molecule has 0 aliphatic rings. The second kappa shape index (κ2) is 6.26. The zero-order valence-corrected chi connectivity index (χ0v) is 6.87. The number of phosphoric ester groups is 1. The van der Waals surface area contributed by atoms with E-state index in [4.69, 9.17) is 14.9 Å². The first-order valence-corrected chi connectivity index (χ1v) is 2.93. The number of carbonyl (C=O) groups is 1. The molecule has 0 aromatic rings. The maximum atomic E-state index is 9.53.